The Morgan fingerprint density at radius 2 is 1.78 bits per heavy atom. The van der Waals surface area contributed by atoms with Crippen molar-refractivity contribution in [1.82, 2.24) is 14.6 Å². The molecular formula is C17H12ClN3S2. The zero-order valence-corrected chi connectivity index (χ0v) is 14.6. The summed E-state index contributed by atoms with van der Waals surface area (Å²) >= 11 is 9.40. The van der Waals surface area contributed by atoms with Gasteiger partial charge in [-0.3, -0.25) is 0 Å². The molecule has 2 aromatic carbocycles. The van der Waals surface area contributed by atoms with E-state index in [1.54, 1.807) is 29.4 Å². The lowest BCUT2D eigenvalue weighted by Gasteiger charge is -2.05. The second-order valence-electron chi connectivity index (χ2n) is 5.11. The van der Waals surface area contributed by atoms with Gasteiger partial charge in [-0.25, -0.2) is 9.50 Å². The molecule has 114 valence electrons. The van der Waals surface area contributed by atoms with Gasteiger partial charge in [-0.1, -0.05) is 64.5 Å². The van der Waals surface area contributed by atoms with Gasteiger partial charge in [0.25, 0.3) is 0 Å². The average molecular weight is 358 g/mol. The fourth-order valence-electron chi connectivity index (χ4n) is 2.30. The predicted molar refractivity (Wildman–Crippen MR) is 96.6 cm³/mol. The number of nitrogens with zero attached hydrogens (tertiary/aromatic N) is 3. The van der Waals surface area contributed by atoms with E-state index in [1.807, 2.05) is 28.8 Å². The molecule has 0 amide bonds. The fraction of sp³-hybridized carbons (Fsp3) is 0.0588. The number of hydrogen-bond donors (Lipinski definition) is 0. The Morgan fingerprint density at radius 1 is 1.04 bits per heavy atom. The fourth-order valence-corrected chi connectivity index (χ4v) is 4.69. The van der Waals surface area contributed by atoms with Crippen molar-refractivity contribution < 1.29 is 0 Å². The monoisotopic (exact) mass is 357 g/mol. The van der Waals surface area contributed by atoms with Crippen molar-refractivity contribution in [3.05, 3.63) is 65.4 Å². The van der Waals surface area contributed by atoms with E-state index >= 15 is 0 Å². The van der Waals surface area contributed by atoms with E-state index in [0.717, 1.165) is 21.2 Å². The minimum atomic E-state index is 0.728. The summed E-state index contributed by atoms with van der Waals surface area (Å²) in [6.45, 7) is 2.09. The zero-order chi connectivity index (χ0) is 15.8. The molecule has 3 nitrogen and oxygen atoms in total. The van der Waals surface area contributed by atoms with Crippen molar-refractivity contribution in [3.8, 4) is 11.3 Å². The van der Waals surface area contributed by atoms with Crippen molar-refractivity contribution in [1.29, 1.82) is 0 Å². The third-order valence-electron chi connectivity index (χ3n) is 3.45. The van der Waals surface area contributed by atoms with Gasteiger partial charge in [0.05, 0.1) is 9.90 Å². The third kappa shape index (κ3) is 2.87. The van der Waals surface area contributed by atoms with Crippen LogP contribution in [0.4, 0.5) is 0 Å². The molecule has 0 unspecified atom stereocenters. The molecule has 0 spiro atoms. The van der Waals surface area contributed by atoms with Crippen LogP contribution in [0, 0.1) is 6.92 Å². The first-order chi connectivity index (χ1) is 11.2. The molecule has 0 atom stereocenters. The first-order valence-corrected chi connectivity index (χ1v) is 9.05. The number of aryl methyl sites for hydroxylation is 1. The Morgan fingerprint density at radius 3 is 2.52 bits per heavy atom. The molecular weight excluding hydrogens is 346 g/mol. The molecule has 0 radical (unpaired) electrons. The minimum absolute atomic E-state index is 0.728. The molecule has 0 aliphatic heterocycles. The van der Waals surface area contributed by atoms with Crippen LogP contribution in [0.3, 0.4) is 0 Å². The van der Waals surface area contributed by atoms with Crippen LogP contribution in [0.15, 0.2) is 64.0 Å². The Labute approximate surface area is 147 Å². The summed E-state index contributed by atoms with van der Waals surface area (Å²) in [7, 11) is 0. The van der Waals surface area contributed by atoms with Crippen molar-refractivity contribution in [2.75, 3.05) is 0 Å². The highest BCUT2D eigenvalue weighted by Gasteiger charge is 2.17. The third-order valence-corrected chi connectivity index (χ3v) is 5.93. The SMILES string of the molecule is Cc1ccc(Sc2sc3ncnn3c2-c2ccc(Cl)cc2)cc1. The van der Waals surface area contributed by atoms with Crippen molar-refractivity contribution in [2.24, 2.45) is 0 Å². The Hall–Kier alpha value is -1.82. The average Bonchev–Trinajstić information content (AvgIpc) is 3.11. The summed E-state index contributed by atoms with van der Waals surface area (Å²) in [6.07, 6.45) is 1.59. The number of rotatable bonds is 3. The molecule has 0 N–H and O–H groups in total. The Kier molecular flexibility index (Phi) is 3.85. The van der Waals surface area contributed by atoms with Crippen LogP contribution in [0.1, 0.15) is 5.56 Å². The summed E-state index contributed by atoms with van der Waals surface area (Å²) < 4.78 is 3.07. The lowest BCUT2D eigenvalue weighted by Crippen LogP contribution is -1.89. The van der Waals surface area contributed by atoms with Crippen LogP contribution in [-0.2, 0) is 0 Å². The summed E-state index contributed by atoms with van der Waals surface area (Å²) in [6, 6.07) is 16.4. The molecule has 4 rings (SSSR count). The zero-order valence-electron chi connectivity index (χ0n) is 12.2. The van der Waals surface area contributed by atoms with Crippen LogP contribution in [0.5, 0.6) is 0 Å². The summed E-state index contributed by atoms with van der Waals surface area (Å²) in [5.41, 5.74) is 3.40. The highest BCUT2D eigenvalue weighted by Crippen LogP contribution is 2.41. The number of fused-ring (bicyclic) bond motifs is 1. The quantitative estimate of drug-likeness (QED) is 0.480. The molecule has 2 aromatic heterocycles. The topological polar surface area (TPSA) is 30.2 Å². The van der Waals surface area contributed by atoms with E-state index < -0.39 is 0 Å². The normalized spacial score (nSPS) is 11.2. The van der Waals surface area contributed by atoms with Crippen molar-refractivity contribution >= 4 is 39.7 Å². The van der Waals surface area contributed by atoms with Crippen LogP contribution < -0.4 is 0 Å². The number of benzene rings is 2. The molecule has 4 aromatic rings. The molecule has 0 fully saturated rings. The first kappa shape index (κ1) is 14.8. The van der Waals surface area contributed by atoms with Crippen LogP contribution in [-0.4, -0.2) is 14.6 Å². The second-order valence-corrected chi connectivity index (χ2v) is 7.87. The van der Waals surface area contributed by atoms with E-state index in [1.165, 1.54) is 14.7 Å². The van der Waals surface area contributed by atoms with Gasteiger partial charge in [-0.15, -0.1) is 0 Å². The van der Waals surface area contributed by atoms with Crippen molar-refractivity contribution in [2.45, 2.75) is 16.0 Å². The highest BCUT2D eigenvalue weighted by molar-refractivity contribution is 8.01. The van der Waals surface area contributed by atoms with E-state index in [9.17, 15) is 0 Å². The van der Waals surface area contributed by atoms with Gasteiger partial charge in [0.1, 0.15) is 6.33 Å². The lowest BCUT2D eigenvalue weighted by molar-refractivity contribution is 0.974. The maximum atomic E-state index is 6.02. The first-order valence-electron chi connectivity index (χ1n) is 7.04. The molecule has 0 saturated heterocycles. The maximum Gasteiger partial charge on any atom is 0.213 e. The predicted octanol–water partition coefficient (Wildman–Crippen LogP) is 5.57. The highest BCUT2D eigenvalue weighted by atomic mass is 35.5. The van der Waals surface area contributed by atoms with E-state index in [4.69, 9.17) is 11.6 Å². The Balaban J connectivity index is 1.82. The van der Waals surface area contributed by atoms with Gasteiger partial charge >= 0.3 is 0 Å². The van der Waals surface area contributed by atoms with Gasteiger partial charge in [-0.05, 0) is 31.2 Å². The van der Waals surface area contributed by atoms with Gasteiger partial charge in [0.15, 0.2) is 0 Å². The van der Waals surface area contributed by atoms with E-state index in [2.05, 4.69) is 41.3 Å². The minimum Gasteiger partial charge on any atom is -0.206 e. The van der Waals surface area contributed by atoms with Gasteiger partial charge < -0.3 is 0 Å². The van der Waals surface area contributed by atoms with Gasteiger partial charge in [0.2, 0.25) is 4.96 Å². The largest absolute Gasteiger partial charge is 0.213 e. The van der Waals surface area contributed by atoms with Crippen LogP contribution >= 0.6 is 34.7 Å². The summed E-state index contributed by atoms with van der Waals surface area (Å²) in [5, 5.41) is 5.09. The Bertz CT molecular complexity index is 956. The van der Waals surface area contributed by atoms with E-state index in [0.29, 0.717) is 0 Å². The lowest BCUT2D eigenvalue weighted by atomic mass is 10.2. The maximum absolute atomic E-state index is 6.02. The van der Waals surface area contributed by atoms with Crippen LogP contribution in [0.25, 0.3) is 16.2 Å². The molecule has 0 aliphatic rings. The van der Waals surface area contributed by atoms with Crippen LogP contribution in [0.2, 0.25) is 5.02 Å². The standard InChI is InChI=1S/C17H12ClN3S2/c1-11-2-8-14(9-3-11)22-16-15(12-4-6-13(18)7-5-12)21-17(23-16)19-10-20-21/h2-10H,1H3. The number of thiazole rings is 1. The molecule has 23 heavy (non-hydrogen) atoms. The second kappa shape index (κ2) is 6.00. The van der Waals surface area contributed by atoms with Gasteiger partial charge in [0, 0.05) is 15.5 Å². The number of hydrogen-bond acceptors (Lipinski definition) is 4. The molecule has 2 heterocycles. The van der Waals surface area contributed by atoms with Crippen molar-refractivity contribution in [3.63, 3.8) is 0 Å². The molecule has 0 saturated carbocycles. The van der Waals surface area contributed by atoms with Gasteiger partial charge in [-0.2, -0.15) is 5.10 Å². The molecule has 0 aliphatic carbocycles. The molecule has 6 heteroatoms. The smallest absolute Gasteiger partial charge is 0.206 e. The summed E-state index contributed by atoms with van der Waals surface area (Å²) in [4.78, 5) is 6.43. The van der Waals surface area contributed by atoms with E-state index in [-0.39, 0.29) is 0 Å². The molecule has 0 bridgehead atoms. The number of aromatic nitrogens is 3. The number of halogens is 1. The summed E-state index contributed by atoms with van der Waals surface area (Å²) in [5.74, 6) is 0.